The summed E-state index contributed by atoms with van der Waals surface area (Å²) in [7, 11) is -3.28. The number of piperidine rings is 1. The number of nitrogens with zero attached hydrogens (tertiary/aromatic N) is 4. The molecular weight excluding hydrogens is 440 g/mol. The summed E-state index contributed by atoms with van der Waals surface area (Å²) in [6.07, 6.45) is 7.55. The maximum absolute atomic E-state index is 12.6. The Balaban J connectivity index is 1.40. The van der Waals surface area contributed by atoms with Crippen LogP contribution in [0.5, 0.6) is 5.75 Å². The van der Waals surface area contributed by atoms with Crippen LogP contribution in [0.3, 0.4) is 0 Å². The number of rotatable bonds is 5. The topological polar surface area (TPSA) is 94.4 Å². The van der Waals surface area contributed by atoms with Gasteiger partial charge in [0.05, 0.1) is 17.3 Å². The number of benzene rings is 1. The molecule has 0 saturated carbocycles. The summed E-state index contributed by atoms with van der Waals surface area (Å²) >= 11 is 5.79. The first-order valence-electron chi connectivity index (χ1n) is 9.72. The molecule has 1 fully saturated rings. The second kappa shape index (κ2) is 8.68. The first-order valence-corrected chi connectivity index (χ1v) is 12.0. The van der Waals surface area contributed by atoms with Crippen LogP contribution in [-0.4, -0.2) is 48.4 Å². The van der Waals surface area contributed by atoms with Gasteiger partial charge in [0, 0.05) is 50.1 Å². The van der Waals surface area contributed by atoms with E-state index < -0.39 is 9.84 Å². The average Bonchev–Trinajstić information content (AvgIpc) is 2.75. The molecule has 3 aromatic rings. The van der Waals surface area contributed by atoms with Crippen molar-refractivity contribution in [3.8, 4) is 11.4 Å². The highest BCUT2D eigenvalue weighted by molar-refractivity contribution is 7.90. The third kappa shape index (κ3) is 5.05. The second-order valence-electron chi connectivity index (χ2n) is 7.34. The van der Waals surface area contributed by atoms with Crippen molar-refractivity contribution >= 4 is 27.3 Å². The third-order valence-electron chi connectivity index (χ3n) is 5.11. The SMILES string of the molecule is CS(=O)(=O)c1ccc(-n2ccc(OC3CCN(c4cnc(Cl)cn4)CC3)cc2=O)cc1. The quantitative estimate of drug-likeness (QED) is 0.577. The summed E-state index contributed by atoms with van der Waals surface area (Å²) in [5.74, 6) is 1.30. The van der Waals surface area contributed by atoms with Crippen LogP contribution < -0.4 is 15.2 Å². The molecule has 0 spiro atoms. The van der Waals surface area contributed by atoms with Gasteiger partial charge < -0.3 is 9.64 Å². The molecule has 0 bridgehead atoms. The Hall–Kier alpha value is -2.91. The lowest BCUT2D eigenvalue weighted by atomic mass is 10.1. The van der Waals surface area contributed by atoms with Gasteiger partial charge >= 0.3 is 0 Å². The monoisotopic (exact) mass is 460 g/mol. The number of hydrogen-bond acceptors (Lipinski definition) is 7. The van der Waals surface area contributed by atoms with Crippen LogP contribution in [0.1, 0.15) is 12.8 Å². The molecule has 0 aliphatic carbocycles. The van der Waals surface area contributed by atoms with Crippen LogP contribution in [0.2, 0.25) is 5.15 Å². The third-order valence-corrected chi connectivity index (χ3v) is 6.43. The van der Waals surface area contributed by atoms with Crippen LogP contribution in [0.4, 0.5) is 5.82 Å². The van der Waals surface area contributed by atoms with Gasteiger partial charge in [0.15, 0.2) is 9.84 Å². The average molecular weight is 461 g/mol. The smallest absolute Gasteiger partial charge is 0.258 e. The van der Waals surface area contributed by atoms with E-state index in [1.807, 2.05) is 0 Å². The maximum Gasteiger partial charge on any atom is 0.258 e. The summed E-state index contributed by atoms with van der Waals surface area (Å²) in [6, 6.07) is 9.37. The molecule has 0 N–H and O–H groups in total. The highest BCUT2D eigenvalue weighted by atomic mass is 35.5. The zero-order valence-electron chi connectivity index (χ0n) is 16.8. The zero-order chi connectivity index (χ0) is 22.0. The molecule has 31 heavy (non-hydrogen) atoms. The number of aromatic nitrogens is 3. The molecule has 1 saturated heterocycles. The van der Waals surface area contributed by atoms with Crippen molar-refractivity contribution in [2.24, 2.45) is 0 Å². The Morgan fingerprint density at radius 1 is 1.06 bits per heavy atom. The Morgan fingerprint density at radius 3 is 2.35 bits per heavy atom. The van der Waals surface area contributed by atoms with E-state index in [0.717, 1.165) is 38.0 Å². The highest BCUT2D eigenvalue weighted by Gasteiger charge is 2.22. The minimum atomic E-state index is -3.28. The lowest BCUT2D eigenvalue weighted by molar-refractivity contribution is 0.170. The van der Waals surface area contributed by atoms with Gasteiger partial charge in [-0.25, -0.2) is 18.4 Å². The molecule has 3 heterocycles. The van der Waals surface area contributed by atoms with E-state index in [0.29, 0.717) is 16.6 Å². The summed E-state index contributed by atoms with van der Waals surface area (Å²) in [6.45, 7) is 1.54. The summed E-state index contributed by atoms with van der Waals surface area (Å²) in [4.78, 5) is 23.3. The number of halogens is 1. The number of sulfone groups is 1. The first-order chi connectivity index (χ1) is 14.8. The molecule has 10 heteroatoms. The van der Waals surface area contributed by atoms with Crippen LogP contribution in [0.15, 0.2) is 64.7 Å². The normalized spacial score (nSPS) is 15.1. The van der Waals surface area contributed by atoms with Crippen molar-refractivity contribution < 1.29 is 13.2 Å². The highest BCUT2D eigenvalue weighted by Crippen LogP contribution is 2.22. The van der Waals surface area contributed by atoms with Gasteiger partial charge in [-0.3, -0.25) is 9.36 Å². The maximum atomic E-state index is 12.6. The Bertz CT molecular complexity index is 1220. The molecule has 0 unspecified atom stereocenters. The largest absolute Gasteiger partial charge is 0.490 e. The van der Waals surface area contributed by atoms with Crippen LogP contribution in [0, 0.1) is 0 Å². The molecule has 4 rings (SSSR count). The van der Waals surface area contributed by atoms with Crippen molar-refractivity contribution in [1.29, 1.82) is 0 Å². The van der Waals surface area contributed by atoms with Gasteiger partial charge in [-0.05, 0) is 30.3 Å². The fourth-order valence-corrected chi connectivity index (χ4v) is 4.19. The fraction of sp³-hybridized carbons (Fsp3) is 0.286. The Labute approximate surface area is 185 Å². The van der Waals surface area contributed by atoms with Gasteiger partial charge in [-0.2, -0.15) is 0 Å². The van der Waals surface area contributed by atoms with Gasteiger partial charge in [0.1, 0.15) is 22.8 Å². The van der Waals surface area contributed by atoms with Crippen molar-refractivity contribution in [3.63, 3.8) is 0 Å². The summed E-state index contributed by atoms with van der Waals surface area (Å²) < 4.78 is 30.7. The molecule has 0 amide bonds. The molecule has 2 aromatic heterocycles. The predicted octanol–water partition coefficient (Wildman–Crippen LogP) is 2.73. The predicted molar refractivity (Wildman–Crippen MR) is 118 cm³/mol. The Kier molecular flexibility index (Phi) is 5.97. The van der Waals surface area contributed by atoms with E-state index in [4.69, 9.17) is 16.3 Å². The van der Waals surface area contributed by atoms with Gasteiger partial charge in [-0.15, -0.1) is 0 Å². The van der Waals surface area contributed by atoms with Gasteiger partial charge in [-0.1, -0.05) is 11.6 Å². The molecule has 162 valence electrons. The lowest BCUT2D eigenvalue weighted by Crippen LogP contribution is -2.38. The van der Waals surface area contributed by atoms with E-state index in [1.54, 1.807) is 30.6 Å². The summed E-state index contributed by atoms with van der Waals surface area (Å²) in [5, 5.41) is 0.364. The molecule has 1 aliphatic heterocycles. The standard InChI is InChI=1S/C21H21ClN4O4S/c1-31(28,29)18-4-2-15(3-5-18)26-11-8-17(12-21(26)27)30-16-6-9-25(10-7-16)20-14-23-19(22)13-24-20/h2-5,8,11-14,16H,6-7,9-10H2,1H3. The minimum Gasteiger partial charge on any atom is -0.490 e. The number of anilines is 1. The molecular formula is C21H21ClN4O4S. The molecule has 0 radical (unpaired) electrons. The van der Waals surface area contributed by atoms with Crippen LogP contribution in [-0.2, 0) is 9.84 Å². The van der Waals surface area contributed by atoms with Crippen molar-refractivity contribution in [2.75, 3.05) is 24.2 Å². The van der Waals surface area contributed by atoms with Crippen LogP contribution in [0.25, 0.3) is 5.69 Å². The summed E-state index contributed by atoms with van der Waals surface area (Å²) in [5.41, 5.74) is 0.333. The van der Waals surface area contributed by atoms with Crippen molar-refractivity contribution in [3.05, 3.63) is 70.5 Å². The Morgan fingerprint density at radius 2 is 1.77 bits per heavy atom. The zero-order valence-corrected chi connectivity index (χ0v) is 18.4. The molecule has 0 atom stereocenters. The van der Waals surface area contributed by atoms with E-state index in [9.17, 15) is 13.2 Å². The number of ether oxygens (including phenoxy) is 1. The number of pyridine rings is 1. The molecule has 8 nitrogen and oxygen atoms in total. The van der Waals surface area contributed by atoms with Crippen molar-refractivity contribution in [2.45, 2.75) is 23.8 Å². The van der Waals surface area contributed by atoms with E-state index in [2.05, 4.69) is 14.9 Å². The van der Waals surface area contributed by atoms with E-state index in [-0.39, 0.29) is 16.6 Å². The van der Waals surface area contributed by atoms with Crippen molar-refractivity contribution in [1.82, 2.24) is 14.5 Å². The van der Waals surface area contributed by atoms with Gasteiger partial charge in [0.2, 0.25) is 0 Å². The number of hydrogen-bond donors (Lipinski definition) is 0. The lowest BCUT2D eigenvalue weighted by Gasteiger charge is -2.32. The first kappa shape index (κ1) is 21.3. The van der Waals surface area contributed by atoms with Crippen LogP contribution >= 0.6 is 11.6 Å². The van der Waals surface area contributed by atoms with E-state index in [1.165, 1.54) is 29.0 Å². The minimum absolute atomic E-state index is 0.000744. The second-order valence-corrected chi connectivity index (χ2v) is 9.74. The van der Waals surface area contributed by atoms with E-state index >= 15 is 0 Å². The van der Waals surface area contributed by atoms with Gasteiger partial charge in [0.25, 0.3) is 5.56 Å². The molecule has 1 aliphatic rings. The molecule has 1 aromatic carbocycles. The fourth-order valence-electron chi connectivity index (χ4n) is 3.47.